The Morgan fingerprint density at radius 3 is 1.54 bits per heavy atom. The van der Waals surface area contributed by atoms with Crippen LogP contribution in [0.1, 0.15) is 39.5 Å². The Bertz CT molecular complexity index is 1090. The summed E-state index contributed by atoms with van der Waals surface area (Å²) in [5, 5.41) is -4.80. The first-order chi connectivity index (χ1) is 15.2. The van der Waals surface area contributed by atoms with Crippen LogP contribution in [0, 0.1) is 0 Å². The van der Waals surface area contributed by atoms with Crippen molar-refractivity contribution in [3.63, 3.8) is 0 Å². The molecule has 0 bridgehead atoms. The highest BCUT2D eigenvalue weighted by molar-refractivity contribution is 8.05. The van der Waals surface area contributed by atoms with Crippen LogP contribution in [-0.2, 0) is 30.1 Å². The number of rotatable bonds is 10. The molecule has 0 aliphatic carbocycles. The largest absolute Gasteiger partial charge is 0.512 e. The number of sulfonamides is 3. The van der Waals surface area contributed by atoms with Gasteiger partial charge in [0.1, 0.15) is 0 Å². The zero-order valence-electron chi connectivity index (χ0n) is 17.9. The van der Waals surface area contributed by atoms with E-state index >= 15 is 0 Å². The SMILES string of the molecule is CC(C)(O)CCN(S(=O)(=O)C(F)(F)F)S(=O)(=O)C(F)(F)C(F)(F)C(F)(F)S(=O)(=O)N1CCCCC1. The summed E-state index contributed by atoms with van der Waals surface area (Å²) in [7, 11) is -22.1. The van der Waals surface area contributed by atoms with Gasteiger partial charge in [0, 0.05) is 19.6 Å². The quantitative estimate of drug-likeness (QED) is 0.383. The van der Waals surface area contributed by atoms with Crippen molar-refractivity contribution in [3.05, 3.63) is 0 Å². The predicted molar refractivity (Wildman–Crippen MR) is 101 cm³/mol. The van der Waals surface area contributed by atoms with Gasteiger partial charge in [-0.25, -0.2) is 25.3 Å². The number of hydrogen-bond acceptors (Lipinski definition) is 7. The van der Waals surface area contributed by atoms with Crippen LogP contribution < -0.4 is 0 Å². The number of aliphatic hydroxyl groups is 1. The number of halogens is 9. The van der Waals surface area contributed by atoms with E-state index in [-0.39, 0.29) is 23.6 Å². The summed E-state index contributed by atoms with van der Waals surface area (Å²) in [4.78, 5) is 0. The average molecular weight is 597 g/mol. The van der Waals surface area contributed by atoms with Crippen LogP contribution in [0.2, 0.25) is 0 Å². The Morgan fingerprint density at radius 2 is 1.17 bits per heavy atom. The summed E-state index contributed by atoms with van der Waals surface area (Å²) in [5.41, 5.74) is -8.96. The Morgan fingerprint density at radius 1 is 0.743 bits per heavy atom. The van der Waals surface area contributed by atoms with Crippen LogP contribution in [0.3, 0.4) is 0 Å². The van der Waals surface area contributed by atoms with E-state index in [1.807, 2.05) is 0 Å². The number of nitrogens with zero attached hydrogens (tertiary/aromatic N) is 2. The standard InChI is InChI=1S/C14H21F9N2O7S3/c1-10(2,26)6-9-25(35(31,32)14(21,22)23)34(29,30)13(19,20)11(15,16)12(17,18)33(27,28)24-7-4-3-5-8-24/h26H,3-9H2,1-2H3. The Kier molecular flexibility index (Phi) is 8.67. The first-order valence-electron chi connectivity index (χ1n) is 9.39. The summed E-state index contributed by atoms with van der Waals surface area (Å²) in [6, 6.07) is 0. The van der Waals surface area contributed by atoms with Crippen LogP contribution in [-0.4, -0.2) is 85.6 Å². The second-order valence-electron chi connectivity index (χ2n) is 8.09. The van der Waals surface area contributed by atoms with Gasteiger partial charge < -0.3 is 5.11 Å². The van der Waals surface area contributed by atoms with E-state index < -0.39 is 87.4 Å². The van der Waals surface area contributed by atoms with Crippen LogP contribution in [0.25, 0.3) is 0 Å². The second kappa shape index (κ2) is 9.44. The first kappa shape index (κ1) is 32.1. The van der Waals surface area contributed by atoms with Crippen molar-refractivity contribution in [2.75, 3.05) is 19.6 Å². The van der Waals surface area contributed by atoms with Crippen LogP contribution >= 0.6 is 0 Å². The summed E-state index contributed by atoms with van der Waals surface area (Å²) in [5.74, 6) is -7.46. The number of piperidine rings is 1. The van der Waals surface area contributed by atoms with E-state index in [1.54, 1.807) is 0 Å². The minimum Gasteiger partial charge on any atom is -0.390 e. The minimum absolute atomic E-state index is 0.149. The summed E-state index contributed by atoms with van der Waals surface area (Å²) < 4.78 is 195. The lowest BCUT2D eigenvalue weighted by Crippen LogP contribution is -2.66. The molecule has 21 heteroatoms. The third-order valence-corrected chi connectivity index (χ3v) is 10.8. The van der Waals surface area contributed by atoms with Gasteiger partial charge >= 0.3 is 32.0 Å². The normalized spacial score (nSPS) is 18.8. The van der Waals surface area contributed by atoms with Crippen molar-refractivity contribution >= 4 is 30.1 Å². The second-order valence-corrected chi connectivity index (χ2v) is 14.1. The molecule has 1 rings (SSSR count). The third kappa shape index (κ3) is 5.53. The zero-order chi connectivity index (χ0) is 28.1. The molecule has 0 amide bonds. The molecule has 0 radical (unpaired) electrons. The van der Waals surface area contributed by atoms with Gasteiger partial charge in [-0.2, -0.15) is 43.8 Å². The van der Waals surface area contributed by atoms with Crippen LogP contribution in [0.5, 0.6) is 0 Å². The molecule has 0 spiro atoms. The predicted octanol–water partition coefficient (Wildman–Crippen LogP) is 2.27. The highest BCUT2D eigenvalue weighted by atomic mass is 32.3. The molecule has 9 nitrogen and oxygen atoms in total. The molecule has 1 aliphatic rings. The van der Waals surface area contributed by atoms with Gasteiger partial charge in [-0.15, -0.1) is 0 Å². The van der Waals surface area contributed by atoms with Crippen molar-refractivity contribution in [2.45, 2.75) is 67.1 Å². The van der Waals surface area contributed by atoms with Gasteiger partial charge in [-0.3, -0.25) is 0 Å². The van der Waals surface area contributed by atoms with E-state index in [4.69, 9.17) is 0 Å². The molecule has 0 unspecified atom stereocenters. The molecule has 1 saturated heterocycles. The van der Waals surface area contributed by atoms with Gasteiger partial charge in [0.05, 0.1) is 5.60 Å². The van der Waals surface area contributed by atoms with Crippen molar-refractivity contribution in [1.82, 2.24) is 8.02 Å². The van der Waals surface area contributed by atoms with Crippen LogP contribution in [0.4, 0.5) is 39.5 Å². The maximum absolute atomic E-state index is 14.5. The highest BCUT2D eigenvalue weighted by Crippen LogP contribution is 2.53. The zero-order valence-corrected chi connectivity index (χ0v) is 20.3. The topological polar surface area (TPSA) is 129 Å². The molecule has 0 aromatic carbocycles. The van der Waals surface area contributed by atoms with E-state index in [1.165, 1.54) is 0 Å². The molecule has 1 heterocycles. The maximum atomic E-state index is 14.5. The smallest absolute Gasteiger partial charge is 0.390 e. The monoisotopic (exact) mass is 596 g/mol. The van der Waals surface area contributed by atoms with Gasteiger partial charge in [0.2, 0.25) is 0 Å². The van der Waals surface area contributed by atoms with Crippen molar-refractivity contribution in [2.24, 2.45) is 0 Å². The molecule has 1 fully saturated rings. The Hall–Kier alpha value is -0.900. The van der Waals surface area contributed by atoms with E-state index in [0.717, 1.165) is 13.8 Å². The molecule has 0 aromatic rings. The fourth-order valence-corrected chi connectivity index (χ4v) is 7.49. The summed E-state index contributed by atoms with van der Waals surface area (Å²) in [6.45, 7) is -2.41. The Balaban J connectivity index is 3.73. The lowest BCUT2D eigenvalue weighted by atomic mass is 10.1. The fourth-order valence-electron chi connectivity index (χ4n) is 2.74. The molecule has 0 aromatic heterocycles. The van der Waals surface area contributed by atoms with E-state index in [9.17, 15) is 69.9 Å². The summed E-state index contributed by atoms with van der Waals surface area (Å²) >= 11 is 0. The number of hydrogen-bond donors (Lipinski definition) is 1. The molecule has 1 aliphatic heterocycles. The highest BCUT2D eigenvalue weighted by Gasteiger charge is 2.84. The van der Waals surface area contributed by atoms with Crippen molar-refractivity contribution in [1.29, 1.82) is 0 Å². The molecule has 1 N–H and O–H groups in total. The lowest BCUT2D eigenvalue weighted by molar-refractivity contribution is -0.246. The fraction of sp³-hybridized carbons (Fsp3) is 1.00. The van der Waals surface area contributed by atoms with E-state index in [0.29, 0.717) is 0 Å². The molecule has 0 atom stereocenters. The molecular weight excluding hydrogens is 575 g/mol. The average Bonchev–Trinajstić information content (AvgIpc) is 2.65. The first-order valence-corrected chi connectivity index (χ1v) is 13.7. The molecule has 210 valence electrons. The van der Waals surface area contributed by atoms with Gasteiger partial charge in [0.15, 0.2) is 0 Å². The van der Waals surface area contributed by atoms with Crippen LogP contribution in [0.15, 0.2) is 0 Å². The third-order valence-electron chi connectivity index (χ3n) is 4.77. The molecule has 35 heavy (non-hydrogen) atoms. The van der Waals surface area contributed by atoms with Crippen molar-refractivity contribution < 1.29 is 69.9 Å². The van der Waals surface area contributed by atoms with Crippen molar-refractivity contribution in [3.8, 4) is 0 Å². The minimum atomic E-state index is -7.93. The maximum Gasteiger partial charge on any atom is 0.512 e. The van der Waals surface area contributed by atoms with Gasteiger partial charge in [-0.05, 0) is 33.1 Å². The summed E-state index contributed by atoms with van der Waals surface area (Å²) in [6.07, 6.45) is -1.43. The van der Waals surface area contributed by atoms with Gasteiger partial charge in [-0.1, -0.05) is 10.1 Å². The van der Waals surface area contributed by atoms with Gasteiger partial charge in [0.25, 0.3) is 20.0 Å². The number of alkyl halides is 9. The van der Waals surface area contributed by atoms with E-state index in [2.05, 4.69) is 0 Å². The Labute approximate surface area is 195 Å². The molecule has 0 saturated carbocycles. The molecular formula is C14H21F9N2O7S3. The lowest BCUT2D eigenvalue weighted by Gasteiger charge is -2.37.